The van der Waals surface area contributed by atoms with E-state index in [2.05, 4.69) is 4.98 Å². The molecular weight excluding hydrogens is 237 g/mol. The number of alkyl halides is 5. The summed E-state index contributed by atoms with van der Waals surface area (Å²) in [5.74, 6) is -1.45. The molecule has 0 aromatic carbocycles. The fourth-order valence-corrected chi connectivity index (χ4v) is 0.978. The first-order valence-electron chi connectivity index (χ1n) is 3.81. The number of nitrogens with zero attached hydrogens (tertiary/aromatic N) is 1. The Labute approximate surface area is 85.5 Å². The number of aromatic hydroxyl groups is 1. The number of rotatable bonds is 2. The molecule has 0 fully saturated rings. The number of hydrogen-bond donors (Lipinski definition) is 1. The number of aldehydes is 1. The monoisotopic (exact) mass is 241 g/mol. The Morgan fingerprint density at radius 3 is 2.31 bits per heavy atom. The summed E-state index contributed by atoms with van der Waals surface area (Å²) in [7, 11) is 0. The molecule has 0 spiro atoms. The third kappa shape index (κ3) is 2.26. The van der Waals surface area contributed by atoms with Gasteiger partial charge in [-0.3, -0.25) is 4.79 Å². The van der Waals surface area contributed by atoms with Crippen LogP contribution in [-0.2, 0) is 6.18 Å². The molecule has 0 aliphatic heterocycles. The predicted octanol–water partition coefficient (Wildman–Crippen LogP) is 2.56. The molecule has 3 nitrogen and oxygen atoms in total. The van der Waals surface area contributed by atoms with Gasteiger partial charge in [0.15, 0.2) is 17.7 Å². The zero-order valence-electron chi connectivity index (χ0n) is 7.42. The maximum absolute atomic E-state index is 12.2. The second-order valence-electron chi connectivity index (χ2n) is 2.75. The molecule has 1 aromatic heterocycles. The summed E-state index contributed by atoms with van der Waals surface area (Å²) < 4.78 is 61.0. The van der Waals surface area contributed by atoms with E-state index >= 15 is 0 Å². The maximum Gasteiger partial charge on any atom is 0.437 e. The lowest BCUT2D eigenvalue weighted by Gasteiger charge is -2.11. The Hall–Kier alpha value is -1.73. The first-order chi connectivity index (χ1) is 7.27. The SMILES string of the molecule is O=Cc1cc(C(F)F)nc(C(F)(F)F)c1O. The number of halogens is 5. The molecule has 1 rings (SSSR count). The van der Waals surface area contributed by atoms with Crippen LogP contribution < -0.4 is 0 Å². The minimum Gasteiger partial charge on any atom is -0.505 e. The van der Waals surface area contributed by atoms with Crippen LogP contribution in [-0.4, -0.2) is 16.4 Å². The number of pyridine rings is 1. The number of aromatic nitrogens is 1. The molecule has 88 valence electrons. The maximum atomic E-state index is 12.2. The van der Waals surface area contributed by atoms with E-state index in [1.54, 1.807) is 0 Å². The van der Waals surface area contributed by atoms with Gasteiger partial charge in [-0.15, -0.1) is 0 Å². The molecule has 16 heavy (non-hydrogen) atoms. The van der Waals surface area contributed by atoms with Crippen molar-refractivity contribution < 1.29 is 31.9 Å². The highest BCUT2D eigenvalue weighted by molar-refractivity contribution is 5.79. The van der Waals surface area contributed by atoms with Crippen LogP contribution in [0.15, 0.2) is 6.07 Å². The minimum absolute atomic E-state index is 0.155. The molecule has 0 saturated carbocycles. The lowest BCUT2D eigenvalue weighted by molar-refractivity contribution is -0.142. The van der Waals surface area contributed by atoms with E-state index in [4.69, 9.17) is 5.11 Å². The highest BCUT2D eigenvalue weighted by atomic mass is 19.4. The molecule has 0 saturated heterocycles. The fourth-order valence-electron chi connectivity index (χ4n) is 0.978. The van der Waals surface area contributed by atoms with Gasteiger partial charge in [-0.05, 0) is 6.07 Å². The Bertz CT molecular complexity index is 416. The molecule has 0 radical (unpaired) electrons. The van der Waals surface area contributed by atoms with Crippen LogP contribution in [0.2, 0.25) is 0 Å². The van der Waals surface area contributed by atoms with Crippen molar-refractivity contribution in [3.63, 3.8) is 0 Å². The van der Waals surface area contributed by atoms with Crippen LogP contribution in [0.4, 0.5) is 22.0 Å². The molecule has 1 aromatic rings. The van der Waals surface area contributed by atoms with E-state index in [0.29, 0.717) is 6.07 Å². The summed E-state index contributed by atoms with van der Waals surface area (Å²) in [5, 5.41) is 8.97. The molecule has 8 heteroatoms. The molecule has 0 amide bonds. The van der Waals surface area contributed by atoms with Gasteiger partial charge in [0, 0.05) is 0 Å². The van der Waals surface area contributed by atoms with Crippen LogP contribution in [0.25, 0.3) is 0 Å². The Morgan fingerprint density at radius 1 is 1.38 bits per heavy atom. The normalized spacial score (nSPS) is 11.9. The molecule has 0 unspecified atom stereocenters. The topological polar surface area (TPSA) is 50.2 Å². The average molecular weight is 241 g/mol. The van der Waals surface area contributed by atoms with Crippen molar-refractivity contribution in [2.24, 2.45) is 0 Å². The average Bonchev–Trinajstić information content (AvgIpc) is 2.15. The van der Waals surface area contributed by atoms with Gasteiger partial charge in [0.1, 0.15) is 5.69 Å². The lowest BCUT2D eigenvalue weighted by Crippen LogP contribution is -2.11. The Morgan fingerprint density at radius 2 is 1.94 bits per heavy atom. The number of carbonyl (C=O) groups is 1. The standard InChI is InChI=1S/C8H4F5NO2/c9-7(10)4-1-3(2-15)5(16)6(14-4)8(11,12)13/h1-2,7,16H. The van der Waals surface area contributed by atoms with Crippen molar-refractivity contribution in [3.8, 4) is 5.75 Å². The van der Waals surface area contributed by atoms with Gasteiger partial charge >= 0.3 is 6.18 Å². The quantitative estimate of drug-likeness (QED) is 0.639. The predicted molar refractivity (Wildman–Crippen MR) is 41.2 cm³/mol. The second kappa shape index (κ2) is 4.03. The summed E-state index contributed by atoms with van der Waals surface area (Å²) in [6.07, 6.45) is -8.52. The van der Waals surface area contributed by atoms with Gasteiger partial charge in [-0.1, -0.05) is 0 Å². The van der Waals surface area contributed by atoms with E-state index in [-0.39, 0.29) is 6.29 Å². The van der Waals surface area contributed by atoms with Crippen molar-refractivity contribution >= 4 is 6.29 Å². The van der Waals surface area contributed by atoms with E-state index in [1.165, 1.54) is 0 Å². The summed E-state index contributed by atoms with van der Waals surface area (Å²) in [6.45, 7) is 0. The molecule has 0 atom stereocenters. The molecule has 1 heterocycles. The molecular formula is C8H4F5NO2. The first-order valence-corrected chi connectivity index (χ1v) is 3.81. The number of hydrogen-bond acceptors (Lipinski definition) is 3. The smallest absolute Gasteiger partial charge is 0.437 e. The molecule has 0 bridgehead atoms. The second-order valence-corrected chi connectivity index (χ2v) is 2.75. The lowest BCUT2D eigenvalue weighted by atomic mass is 10.1. The fraction of sp³-hybridized carbons (Fsp3) is 0.250. The van der Waals surface area contributed by atoms with Crippen molar-refractivity contribution in [2.45, 2.75) is 12.6 Å². The summed E-state index contributed by atoms with van der Waals surface area (Å²) >= 11 is 0. The zero-order valence-corrected chi connectivity index (χ0v) is 7.42. The van der Waals surface area contributed by atoms with Gasteiger partial charge in [-0.25, -0.2) is 13.8 Å². The third-order valence-electron chi connectivity index (χ3n) is 1.66. The van der Waals surface area contributed by atoms with Crippen LogP contribution in [0.3, 0.4) is 0 Å². The van der Waals surface area contributed by atoms with E-state index in [9.17, 15) is 26.7 Å². The van der Waals surface area contributed by atoms with E-state index in [0.717, 1.165) is 0 Å². The molecule has 1 N–H and O–H groups in total. The summed E-state index contributed by atoms with van der Waals surface area (Å²) in [5.41, 5.74) is -3.99. The summed E-state index contributed by atoms with van der Waals surface area (Å²) in [4.78, 5) is 12.8. The largest absolute Gasteiger partial charge is 0.505 e. The highest BCUT2D eigenvalue weighted by Crippen LogP contribution is 2.37. The van der Waals surface area contributed by atoms with Gasteiger partial charge in [0.2, 0.25) is 0 Å². The van der Waals surface area contributed by atoms with Crippen LogP contribution in [0.1, 0.15) is 28.2 Å². The highest BCUT2D eigenvalue weighted by Gasteiger charge is 2.38. The van der Waals surface area contributed by atoms with Crippen LogP contribution >= 0.6 is 0 Å². The van der Waals surface area contributed by atoms with Crippen molar-refractivity contribution in [1.82, 2.24) is 4.98 Å². The van der Waals surface area contributed by atoms with E-state index in [1.807, 2.05) is 0 Å². The van der Waals surface area contributed by atoms with Gasteiger partial charge < -0.3 is 5.11 Å². The zero-order chi connectivity index (χ0) is 12.5. The third-order valence-corrected chi connectivity index (χ3v) is 1.66. The van der Waals surface area contributed by atoms with Crippen molar-refractivity contribution in [2.75, 3.05) is 0 Å². The van der Waals surface area contributed by atoms with Gasteiger partial charge in [-0.2, -0.15) is 13.2 Å². The van der Waals surface area contributed by atoms with Gasteiger partial charge in [0.05, 0.1) is 5.56 Å². The Kier molecular flexibility index (Phi) is 3.11. The van der Waals surface area contributed by atoms with Crippen LogP contribution in [0.5, 0.6) is 5.75 Å². The molecule has 0 aliphatic carbocycles. The van der Waals surface area contributed by atoms with Crippen molar-refractivity contribution in [3.05, 3.63) is 23.0 Å². The van der Waals surface area contributed by atoms with Crippen molar-refractivity contribution in [1.29, 1.82) is 0 Å². The Balaban J connectivity index is 3.48. The van der Waals surface area contributed by atoms with E-state index < -0.39 is 35.3 Å². The summed E-state index contributed by atoms with van der Waals surface area (Å²) in [6, 6.07) is 0.405. The minimum atomic E-state index is -5.10. The van der Waals surface area contributed by atoms with Gasteiger partial charge in [0.25, 0.3) is 6.43 Å². The van der Waals surface area contributed by atoms with Crippen LogP contribution in [0, 0.1) is 0 Å². The molecule has 0 aliphatic rings. The first kappa shape index (κ1) is 12.3. The number of carbonyl (C=O) groups excluding carboxylic acids is 1.